The summed E-state index contributed by atoms with van der Waals surface area (Å²) in [6.07, 6.45) is 2.34. The van der Waals surface area contributed by atoms with Gasteiger partial charge in [-0.15, -0.1) is 0 Å². The molecule has 0 aliphatic rings. The summed E-state index contributed by atoms with van der Waals surface area (Å²) in [5, 5.41) is 10.1. The molecule has 17 heavy (non-hydrogen) atoms. The van der Waals surface area contributed by atoms with Crippen LogP contribution in [0.5, 0.6) is 0 Å². The number of imidazole rings is 1. The minimum absolute atomic E-state index is 0.445. The van der Waals surface area contributed by atoms with E-state index in [0.29, 0.717) is 0 Å². The van der Waals surface area contributed by atoms with Crippen LogP contribution in [-0.2, 0) is 6.54 Å². The fourth-order valence-corrected chi connectivity index (χ4v) is 2.21. The van der Waals surface area contributed by atoms with Gasteiger partial charge in [0.1, 0.15) is 11.9 Å². The van der Waals surface area contributed by atoms with E-state index in [-0.39, 0.29) is 0 Å². The summed E-state index contributed by atoms with van der Waals surface area (Å²) in [5.74, 6) is 0.815. The molecule has 0 fully saturated rings. The normalized spacial score (nSPS) is 13.1. The molecule has 92 valence electrons. The average Bonchev–Trinajstić information content (AvgIpc) is 2.70. The van der Waals surface area contributed by atoms with Crippen LogP contribution in [-0.4, -0.2) is 14.7 Å². The molecule has 1 aromatic carbocycles. The third-order valence-corrected chi connectivity index (χ3v) is 2.99. The van der Waals surface area contributed by atoms with Crippen LogP contribution in [0.25, 0.3) is 11.0 Å². The summed E-state index contributed by atoms with van der Waals surface area (Å²) in [5.41, 5.74) is 2.10. The maximum absolute atomic E-state index is 10.1. The Morgan fingerprint density at radius 3 is 2.71 bits per heavy atom. The predicted octanol–water partition coefficient (Wildman–Crippen LogP) is 3.28. The third-order valence-electron chi connectivity index (χ3n) is 2.99. The van der Waals surface area contributed by atoms with Gasteiger partial charge in [-0.05, 0) is 25.0 Å². The number of hydrogen-bond donors (Lipinski definition) is 1. The van der Waals surface area contributed by atoms with Crippen molar-refractivity contribution in [2.24, 2.45) is 0 Å². The number of para-hydroxylation sites is 2. The predicted molar refractivity (Wildman–Crippen MR) is 69.9 cm³/mol. The van der Waals surface area contributed by atoms with Gasteiger partial charge in [0.2, 0.25) is 0 Å². The fraction of sp³-hybridized carbons (Fsp3) is 0.500. The molecule has 0 aliphatic carbocycles. The highest BCUT2D eigenvalue weighted by Crippen LogP contribution is 2.23. The van der Waals surface area contributed by atoms with Crippen molar-refractivity contribution in [1.29, 1.82) is 0 Å². The number of benzene rings is 1. The van der Waals surface area contributed by atoms with Gasteiger partial charge in [-0.2, -0.15) is 0 Å². The van der Waals surface area contributed by atoms with Crippen molar-refractivity contribution in [3.05, 3.63) is 30.1 Å². The molecule has 1 heterocycles. The van der Waals surface area contributed by atoms with Crippen LogP contribution in [0, 0.1) is 0 Å². The van der Waals surface area contributed by atoms with E-state index < -0.39 is 6.10 Å². The molecule has 3 heteroatoms. The molecule has 1 atom stereocenters. The zero-order chi connectivity index (χ0) is 12.3. The lowest BCUT2D eigenvalue weighted by Gasteiger charge is -2.12. The fourth-order valence-electron chi connectivity index (χ4n) is 2.21. The number of aliphatic hydroxyl groups excluding tert-OH is 1. The van der Waals surface area contributed by atoms with Gasteiger partial charge in [0.25, 0.3) is 0 Å². The highest BCUT2D eigenvalue weighted by atomic mass is 16.3. The van der Waals surface area contributed by atoms with E-state index in [1.807, 2.05) is 18.2 Å². The van der Waals surface area contributed by atoms with Gasteiger partial charge in [-0.25, -0.2) is 4.98 Å². The largest absolute Gasteiger partial charge is 0.385 e. The zero-order valence-electron chi connectivity index (χ0n) is 10.6. The smallest absolute Gasteiger partial charge is 0.138 e. The molecule has 3 nitrogen and oxygen atoms in total. The van der Waals surface area contributed by atoms with Crippen molar-refractivity contribution in [1.82, 2.24) is 9.55 Å². The summed E-state index contributed by atoms with van der Waals surface area (Å²) >= 11 is 0. The van der Waals surface area contributed by atoms with Gasteiger partial charge < -0.3 is 9.67 Å². The first kappa shape index (κ1) is 12.1. The Bertz CT molecular complexity index is 490. The van der Waals surface area contributed by atoms with Gasteiger partial charge in [0.15, 0.2) is 0 Å². The van der Waals surface area contributed by atoms with Crippen molar-refractivity contribution in [3.8, 4) is 0 Å². The molecule has 0 spiro atoms. The molecule has 0 bridgehead atoms. The van der Waals surface area contributed by atoms with E-state index >= 15 is 0 Å². The number of nitrogens with zero attached hydrogens (tertiary/aromatic N) is 2. The van der Waals surface area contributed by atoms with Crippen LogP contribution in [0.4, 0.5) is 0 Å². The van der Waals surface area contributed by atoms with Crippen LogP contribution in [0.15, 0.2) is 24.3 Å². The molecule has 2 rings (SSSR count). The summed E-state index contributed by atoms with van der Waals surface area (Å²) in [7, 11) is 0. The lowest BCUT2D eigenvalue weighted by Crippen LogP contribution is -2.08. The second kappa shape index (κ2) is 5.32. The van der Waals surface area contributed by atoms with Gasteiger partial charge >= 0.3 is 0 Å². The quantitative estimate of drug-likeness (QED) is 0.859. The van der Waals surface area contributed by atoms with Gasteiger partial charge in [-0.3, -0.25) is 0 Å². The molecule has 0 radical (unpaired) electrons. The van der Waals surface area contributed by atoms with E-state index in [9.17, 15) is 5.11 Å². The number of aliphatic hydroxyl groups is 1. The molecule has 1 aromatic heterocycles. The molecular formula is C14H20N2O. The average molecular weight is 232 g/mol. The first-order valence-corrected chi connectivity index (χ1v) is 6.41. The van der Waals surface area contributed by atoms with Crippen LogP contribution < -0.4 is 0 Å². The highest BCUT2D eigenvalue weighted by Gasteiger charge is 2.16. The first-order chi connectivity index (χ1) is 8.27. The number of rotatable bonds is 5. The number of fused-ring (bicyclic) bond motifs is 1. The van der Waals surface area contributed by atoms with Gasteiger partial charge in [0.05, 0.1) is 11.0 Å². The Morgan fingerprint density at radius 2 is 2.00 bits per heavy atom. The molecule has 1 N–H and O–H groups in total. The van der Waals surface area contributed by atoms with E-state index in [1.165, 1.54) is 0 Å². The Morgan fingerprint density at radius 1 is 1.24 bits per heavy atom. The maximum Gasteiger partial charge on any atom is 0.138 e. The molecule has 0 saturated carbocycles. The van der Waals surface area contributed by atoms with E-state index in [1.54, 1.807) is 0 Å². The SMILES string of the molecule is CCC[C@@H](O)c1nc2ccccc2n1CCC. The minimum atomic E-state index is -0.445. The van der Waals surface area contributed by atoms with Crippen molar-refractivity contribution >= 4 is 11.0 Å². The van der Waals surface area contributed by atoms with Gasteiger partial charge in [-0.1, -0.05) is 32.4 Å². The summed E-state index contributed by atoms with van der Waals surface area (Å²) in [6, 6.07) is 8.08. The number of aryl methyl sites for hydroxylation is 1. The Labute approximate surface area is 102 Å². The Hall–Kier alpha value is -1.35. The molecule has 0 amide bonds. The van der Waals surface area contributed by atoms with Crippen LogP contribution in [0.2, 0.25) is 0 Å². The lowest BCUT2D eigenvalue weighted by atomic mass is 10.2. The zero-order valence-corrected chi connectivity index (χ0v) is 10.6. The highest BCUT2D eigenvalue weighted by molar-refractivity contribution is 5.75. The molecule has 0 saturated heterocycles. The Kier molecular flexibility index (Phi) is 3.79. The molecule has 0 unspecified atom stereocenters. The van der Waals surface area contributed by atoms with E-state index in [4.69, 9.17) is 0 Å². The second-order valence-corrected chi connectivity index (χ2v) is 4.41. The molecule has 2 aromatic rings. The van der Waals surface area contributed by atoms with Crippen molar-refractivity contribution in [3.63, 3.8) is 0 Å². The first-order valence-electron chi connectivity index (χ1n) is 6.41. The van der Waals surface area contributed by atoms with Crippen LogP contribution >= 0.6 is 0 Å². The van der Waals surface area contributed by atoms with Crippen molar-refractivity contribution < 1.29 is 5.11 Å². The topological polar surface area (TPSA) is 38.1 Å². The second-order valence-electron chi connectivity index (χ2n) is 4.41. The number of hydrogen-bond acceptors (Lipinski definition) is 2. The summed E-state index contributed by atoms with van der Waals surface area (Å²) in [4.78, 5) is 4.56. The lowest BCUT2D eigenvalue weighted by molar-refractivity contribution is 0.152. The standard InChI is InChI=1S/C14H20N2O/c1-3-7-13(17)14-15-11-8-5-6-9-12(11)16(14)10-4-2/h5-6,8-9,13,17H,3-4,7,10H2,1-2H3/t13-/m1/s1. The van der Waals surface area contributed by atoms with Crippen LogP contribution in [0.1, 0.15) is 45.0 Å². The Balaban J connectivity index is 2.49. The third kappa shape index (κ3) is 2.34. The van der Waals surface area contributed by atoms with E-state index in [2.05, 4.69) is 29.5 Å². The van der Waals surface area contributed by atoms with E-state index in [0.717, 1.165) is 42.7 Å². The summed E-state index contributed by atoms with van der Waals surface area (Å²) in [6.45, 7) is 5.14. The van der Waals surface area contributed by atoms with Crippen molar-refractivity contribution in [2.75, 3.05) is 0 Å². The number of aromatic nitrogens is 2. The summed E-state index contributed by atoms with van der Waals surface area (Å²) < 4.78 is 2.15. The van der Waals surface area contributed by atoms with Crippen LogP contribution in [0.3, 0.4) is 0 Å². The van der Waals surface area contributed by atoms with Gasteiger partial charge in [0, 0.05) is 6.54 Å². The monoisotopic (exact) mass is 232 g/mol. The molecular weight excluding hydrogens is 212 g/mol. The maximum atomic E-state index is 10.1. The van der Waals surface area contributed by atoms with Crippen molar-refractivity contribution in [2.45, 2.75) is 45.8 Å². The molecule has 0 aliphatic heterocycles. The minimum Gasteiger partial charge on any atom is -0.385 e.